The minimum Gasteiger partial charge on any atom is -0.348 e. The number of carbonyl (C=O) groups excluding carboxylic acids is 1. The van der Waals surface area contributed by atoms with Gasteiger partial charge in [-0.1, -0.05) is 23.3 Å². The van der Waals surface area contributed by atoms with Crippen LogP contribution < -0.4 is 5.32 Å². The van der Waals surface area contributed by atoms with E-state index in [1.165, 1.54) is 0 Å². The lowest BCUT2D eigenvalue weighted by molar-refractivity contribution is 0.0950. The molecule has 0 unspecified atom stereocenters. The molecule has 1 aromatic carbocycles. The fourth-order valence-corrected chi connectivity index (χ4v) is 2.60. The average molecular weight is 317 g/mol. The maximum atomic E-state index is 12.3. The third-order valence-corrected chi connectivity index (χ3v) is 3.72. The van der Waals surface area contributed by atoms with Gasteiger partial charge in [-0.2, -0.15) is 0 Å². The predicted molar refractivity (Wildman–Crippen MR) is 94.6 cm³/mol. The Balaban J connectivity index is 1.65. The van der Waals surface area contributed by atoms with Crippen molar-refractivity contribution in [2.75, 3.05) is 0 Å². The summed E-state index contributed by atoms with van der Waals surface area (Å²) >= 11 is 0. The van der Waals surface area contributed by atoms with Gasteiger partial charge in [-0.15, -0.1) is 0 Å². The first kappa shape index (κ1) is 15.9. The van der Waals surface area contributed by atoms with E-state index >= 15 is 0 Å². The predicted octanol–water partition coefficient (Wildman–Crippen LogP) is 3.69. The maximum absolute atomic E-state index is 12.3. The number of amides is 1. The van der Waals surface area contributed by atoms with Crippen LogP contribution in [0.3, 0.4) is 0 Å². The van der Waals surface area contributed by atoms with Gasteiger partial charge >= 0.3 is 0 Å². The number of aromatic nitrogens is 2. The Morgan fingerprint density at radius 1 is 1.04 bits per heavy atom. The second-order valence-electron chi connectivity index (χ2n) is 5.85. The normalized spacial score (nSPS) is 10.4. The second kappa shape index (κ2) is 7.04. The van der Waals surface area contributed by atoms with Crippen LogP contribution >= 0.6 is 0 Å². The molecular formula is C20H19N3O. The first-order chi connectivity index (χ1) is 11.6. The Morgan fingerprint density at radius 2 is 1.83 bits per heavy atom. The summed E-state index contributed by atoms with van der Waals surface area (Å²) in [6.45, 7) is 4.43. The summed E-state index contributed by atoms with van der Waals surface area (Å²) in [7, 11) is 0. The molecule has 0 aliphatic heterocycles. The van der Waals surface area contributed by atoms with Crippen LogP contribution in [0.15, 0.2) is 61.1 Å². The third kappa shape index (κ3) is 3.84. The van der Waals surface area contributed by atoms with E-state index in [-0.39, 0.29) is 5.91 Å². The molecule has 0 radical (unpaired) electrons. The van der Waals surface area contributed by atoms with Crippen LogP contribution in [0, 0.1) is 13.8 Å². The first-order valence-corrected chi connectivity index (χ1v) is 7.83. The summed E-state index contributed by atoms with van der Waals surface area (Å²) in [5, 5.41) is 2.94. The lowest BCUT2D eigenvalue weighted by atomic mass is 10.1. The minimum atomic E-state index is -0.0712. The van der Waals surface area contributed by atoms with Gasteiger partial charge in [0.1, 0.15) is 0 Å². The third-order valence-electron chi connectivity index (χ3n) is 3.72. The van der Waals surface area contributed by atoms with E-state index in [2.05, 4.69) is 21.4 Å². The fraction of sp³-hybridized carbons (Fsp3) is 0.150. The highest BCUT2D eigenvalue weighted by Gasteiger charge is 2.07. The molecule has 0 aliphatic rings. The summed E-state index contributed by atoms with van der Waals surface area (Å²) in [4.78, 5) is 20.8. The first-order valence-electron chi connectivity index (χ1n) is 7.83. The smallest absolute Gasteiger partial charge is 0.251 e. The van der Waals surface area contributed by atoms with E-state index in [0.717, 1.165) is 27.9 Å². The Labute approximate surface area is 141 Å². The molecule has 120 valence electrons. The highest BCUT2D eigenvalue weighted by atomic mass is 16.1. The summed E-state index contributed by atoms with van der Waals surface area (Å²) in [5.41, 5.74) is 5.66. The van der Waals surface area contributed by atoms with Gasteiger partial charge in [0.25, 0.3) is 5.91 Å². The number of benzene rings is 1. The lowest BCUT2D eigenvalue weighted by Gasteiger charge is -2.08. The monoisotopic (exact) mass is 317 g/mol. The van der Waals surface area contributed by atoms with Crippen molar-refractivity contribution >= 4 is 5.91 Å². The van der Waals surface area contributed by atoms with Crippen molar-refractivity contribution in [1.29, 1.82) is 0 Å². The minimum absolute atomic E-state index is 0.0712. The number of nitrogens with one attached hydrogen (secondary N) is 1. The van der Waals surface area contributed by atoms with Crippen LogP contribution in [-0.4, -0.2) is 15.9 Å². The van der Waals surface area contributed by atoms with Gasteiger partial charge < -0.3 is 5.32 Å². The van der Waals surface area contributed by atoms with E-state index in [0.29, 0.717) is 12.1 Å². The largest absolute Gasteiger partial charge is 0.348 e. The summed E-state index contributed by atoms with van der Waals surface area (Å²) in [6, 6.07) is 13.6. The van der Waals surface area contributed by atoms with Crippen LogP contribution in [0.25, 0.3) is 11.3 Å². The number of aryl methyl sites for hydroxylation is 2. The highest BCUT2D eigenvalue weighted by Crippen LogP contribution is 2.15. The standard InChI is InChI=1S/C20H19N3O/c1-14-8-15(2)10-18(9-14)20(24)23-12-16-5-6-19(22-11-16)17-4-3-7-21-13-17/h3-11,13H,12H2,1-2H3,(H,23,24). The quantitative estimate of drug-likeness (QED) is 0.798. The lowest BCUT2D eigenvalue weighted by Crippen LogP contribution is -2.23. The van der Waals surface area contributed by atoms with E-state index < -0.39 is 0 Å². The molecule has 0 saturated carbocycles. The van der Waals surface area contributed by atoms with Crippen LogP contribution in [0.5, 0.6) is 0 Å². The molecular weight excluding hydrogens is 298 g/mol. The van der Waals surface area contributed by atoms with Crippen molar-refractivity contribution < 1.29 is 4.79 Å². The maximum Gasteiger partial charge on any atom is 0.251 e. The molecule has 1 N–H and O–H groups in total. The molecule has 0 bridgehead atoms. The van der Waals surface area contributed by atoms with Gasteiger partial charge in [0.2, 0.25) is 0 Å². The van der Waals surface area contributed by atoms with Gasteiger partial charge in [-0.3, -0.25) is 14.8 Å². The van der Waals surface area contributed by atoms with Crippen LogP contribution in [-0.2, 0) is 6.54 Å². The summed E-state index contributed by atoms with van der Waals surface area (Å²) < 4.78 is 0. The zero-order chi connectivity index (χ0) is 16.9. The van der Waals surface area contributed by atoms with Crippen molar-refractivity contribution in [3.8, 4) is 11.3 Å². The molecule has 24 heavy (non-hydrogen) atoms. The van der Waals surface area contributed by atoms with Gasteiger partial charge in [-0.25, -0.2) is 0 Å². The molecule has 0 spiro atoms. The highest BCUT2D eigenvalue weighted by molar-refractivity contribution is 5.94. The number of pyridine rings is 2. The van der Waals surface area contributed by atoms with Gasteiger partial charge in [0.05, 0.1) is 5.69 Å². The Hall–Kier alpha value is -3.01. The van der Waals surface area contributed by atoms with E-state index in [1.54, 1.807) is 18.6 Å². The molecule has 1 amide bonds. The molecule has 4 nitrogen and oxygen atoms in total. The molecule has 2 aromatic heterocycles. The molecule has 0 aliphatic carbocycles. The Bertz CT molecular complexity index is 822. The molecule has 2 heterocycles. The number of rotatable bonds is 4. The van der Waals surface area contributed by atoms with Crippen LogP contribution in [0.2, 0.25) is 0 Å². The molecule has 0 fully saturated rings. The molecule has 0 saturated heterocycles. The van der Waals surface area contributed by atoms with Gasteiger partial charge in [-0.05, 0) is 49.7 Å². The van der Waals surface area contributed by atoms with Crippen molar-refractivity contribution in [2.45, 2.75) is 20.4 Å². The summed E-state index contributed by atoms with van der Waals surface area (Å²) in [5.74, 6) is -0.0712. The van der Waals surface area contributed by atoms with Gasteiger partial charge in [0.15, 0.2) is 0 Å². The average Bonchev–Trinajstić information content (AvgIpc) is 2.60. The van der Waals surface area contributed by atoms with E-state index in [9.17, 15) is 4.79 Å². The molecule has 4 heteroatoms. The number of hydrogen-bond donors (Lipinski definition) is 1. The Morgan fingerprint density at radius 3 is 2.46 bits per heavy atom. The van der Waals surface area contributed by atoms with E-state index in [4.69, 9.17) is 0 Å². The van der Waals surface area contributed by atoms with Crippen LogP contribution in [0.1, 0.15) is 27.0 Å². The molecule has 0 atom stereocenters. The number of carbonyl (C=O) groups is 1. The fourth-order valence-electron chi connectivity index (χ4n) is 2.60. The van der Waals surface area contributed by atoms with Crippen molar-refractivity contribution in [3.05, 3.63) is 83.3 Å². The second-order valence-corrected chi connectivity index (χ2v) is 5.85. The van der Waals surface area contributed by atoms with Crippen molar-refractivity contribution in [2.24, 2.45) is 0 Å². The molecule has 3 aromatic rings. The number of nitrogens with zero attached hydrogens (tertiary/aromatic N) is 2. The van der Waals surface area contributed by atoms with E-state index in [1.807, 2.05) is 50.2 Å². The van der Waals surface area contributed by atoms with Crippen molar-refractivity contribution in [1.82, 2.24) is 15.3 Å². The van der Waals surface area contributed by atoms with Crippen LogP contribution in [0.4, 0.5) is 0 Å². The Kier molecular flexibility index (Phi) is 4.66. The zero-order valence-corrected chi connectivity index (χ0v) is 13.8. The summed E-state index contributed by atoms with van der Waals surface area (Å²) in [6.07, 6.45) is 5.30. The van der Waals surface area contributed by atoms with Crippen molar-refractivity contribution in [3.63, 3.8) is 0 Å². The molecule has 3 rings (SSSR count). The SMILES string of the molecule is Cc1cc(C)cc(C(=O)NCc2ccc(-c3cccnc3)nc2)c1. The zero-order valence-electron chi connectivity index (χ0n) is 13.8. The topological polar surface area (TPSA) is 54.9 Å². The number of hydrogen-bond acceptors (Lipinski definition) is 3. The van der Waals surface area contributed by atoms with Gasteiger partial charge in [0, 0.05) is 36.3 Å².